The van der Waals surface area contributed by atoms with Gasteiger partial charge in [-0.2, -0.15) is 5.10 Å². The average Bonchev–Trinajstić information content (AvgIpc) is 3.56. The molecule has 154 valence electrons. The van der Waals surface area contributed by atoms with Crippen LogP contribution >= 0.6 is 0 Å². The first-order chi connectivity index (χ1) is 13.8. The molecule has 2 N–H and O–H groups in total. The third-order valence-corrected chi connectivity index (χ3v) is 5.29. The lowest BCUT2D eigenvalue weighted by atomic mass is 10.1. The number of nitrogens with one attached hydrogen (secondary N) is 2. The van der Waals surface area contributed by atoms with Gasteiger partial charge in [-0.3, -0.25) is 9.89 Å². The number of rotatable bonds is 6. The predicted octanol–water partition coefficient (Wildman–Crippen LogP) is 4.17. The Morgan fingerprint density at radius 1 is 1.24 bits per heavy atom. The van der Waals surface area contributed by atoms with Gasteiger partial charge in [0.1, 0.15) is 5.60 Å². The van der Waals surface area contributed by atoms with Gasteiger partial charge in [0, 0.05) is 30.4 Å². The minimum absolute atomic E-state index is 0.192. The first-order valence-electron chi connectivity index (χ1n) is 10.2. The van der Waals surface area contributed by atoms with E-state index in [1.165, 1.54) is 24.6 Å². The predicted molar refractivity (Wildman–Crippen MR) is 110 cm³/mol. The van der Waals surface area contributed by atoms with E-state index in [9.17, 15) is 9.59 Å². The van der Waals surface area contributed by atoms with Crippen molar-refractivity contribution in [1.29, 1.82) is 0 Å². The number of anilines is 1. The highest BCUT2D eigenvalue weighted by Crippen LogP contribution is 2.46. The van der Waals surface area contributed by atoms with E-state index in [2.05, 4.69) is 15.5 Å². The lowest BCUT2D eigenvalue weighted by Crippen LogP contribution is -2.40. The number of carbonyl (C=O) groups is 2. The summed E-state index contributed by atoms with van der Waals surface area (Å²) in [6.07, 6.45) is 6.18. The largest absolute Gasteiger partial charge is 0.444 e. The second-order valence-corrected chi connectivity index (χ2v) is 9.05. The van der Waals surface area contributed by atoms with Crippen LogP contribution in [0, 0.1) is 5.92 Å². The zero-order valence-corrected chi connectivity index (χ0v) is 17.1. The van der Waals surface area contributed by atoms with Crippen molar-refractivity contribution in [3.8, 4) is 0 Å². The number of amides is 2. The molecule has 2 aliphatic carbocycles. The maximum Gasteiger partial charge on any atom is 0.410 e. The molecule has 2 saturated carbocycles. The summed E-state index contributed by atoms with van der Waals surface area (Å²) in [5.41, 5.74) is 1.92. The Morgan fingerprint density at radius 3 is 2.55 bits per heavy atom. The third-order valence-electron chi connectivity index (χ3n) is 5.29. The van der Waals surface area contributed by atoms with E-state index in [1.807, 2.05) is 49.9 Å². The second kappa shape index (κ2) is 7.54. The molecule has 2 amide bonds. The summed E-state index contributed by atoms with van der Waals surface area (Å²) in [5, 5.41) is 9.28. The summed E-state index contributed by atoms with van der Waals surface area (Å²) in [7, 11) is 0. The van der Waals surface area contributed by atoms with Crippen molar-refractivity contribution in [2.75, 3.05) is 11.9 Å². The summed E-state index contributed by atoms with van der Waals surface area (Å²) in [5.74, 6) is 0.737. The smallest absolute Gasteiger partial charge is 0.410 e. The van der Waals surface area contributed by atoms with Gasteiger partial charge in [0.25, 0.3) is 5.91 Å². The van der Waals surface area contributed by atoms with Crippen LogP contribution in [0.4, 0.5) is 10.5 Å². The van der Waals surface area contributed by atoms with Crippen molar-refractivity contribution in [2.24, 2.45) is 5.92 Å². The van der Waals surface area contributed by atoms with Gasteiger partial charge in [-0.15, -0.1) is 0 Å². The maximum absolute atomic E-state index is 12.7. The Labute approximate surface area is 170 Å². The van der Waals surface area contributed by atoms with Crippen LogP contribution in [-0.4, -0.2) is 45.3 Å². The van der Waals surface area contributed by atoms with Crippen molar-refractivity contribution in [3.05, 3.63) is 47.8 Å². The number of nitrogens with zero attached hydrogens (tertiary/aromatic N) is 2. The highest BCUT2D eigenvalue weighted by Gasteiger charge is 2.47. The molecule has 2 aliphatic rings. The SMILES string of the molecule is CC(C)(C)OC(=O)N(CC1CC1)[C@@H]1C[C@H]1c1ccc(NC(=O)c2cn[nH]c2)cc1. The van der Waals surface area contributed by atoms with E-state index in [-0.39, 0.29) is 18.0 Å². The lowest BCUT2D eigenvalue weighted by Gasteiger charge is -2.28. The topological polar surface area (TPSA) is 87.3 Å². The molecule has 4 rings (SSSR count). The molecule has 0 saturated heterocycles. The Morgan fingerprint density at radius 2 is 1.97 bits per heavy atom. The molecule has 0 aliphatic heterocycles. The van der Waals surface area contributed by atoms with Gasteiger partial charge in [0.15, 0.2) is 0 Å². The molecule has 1 aromatic carbocycles. The van der Waals surface area contributed by atoms with Crippen molar-refractivity contribution in [1.82, 2.24) is 15.1 Å². The van der Waals surface area contributed by atoms with Crippen LogP contribution in [-0.2, 0) is 4.74 Å². The summed E-state index contributed by atoms with van der Waals surface area (Å²) in [4.78, 5) is 26.8. The molecule has 0 unspecified atom stereocenters. The molecular formula is C22H28N4O3. The van der Waals surface area contributed by atoms with Crippen molar-refractivity contribution in [2.45, 2.75) is 57.6 Å². The van der Waals surface area contributed by atoms with Crippen molar-refractivity contribution < 1.29 is 14.3 Å². The number of ether oxygens (including phenoxy) is 1. The Bertz CT molecular complexity index is 866. The van der Waals surface area contributed by atoms with Gasteiger partial charge in [0.05, 0.1) is 11.8 Å². The first kappa shape index (κ1) is 19.5. The zero-order chi connectivity index (χ0) is 20.6. The third kappa shape index (κ3) is 4.96. The van der Waals surface area contributed by atoms with Gasteiger partial charge in [0.2, 0.25) is 0 Å². The van der Waals surface area contributed by atoms with E-state index in [1.54, 1.807) is 6.20 Å². The number of hydrogen-bond acceptors (Lipinski definition) is 4. The van der Waals surface area contributed by atoms with Gasteiger partial charge in [-0.1, -0.05) is 12.1 Å². The minimum atomic E-state index is -0.488. The van der Waals surface area contributed by atoms with Crippen LogP contribution in [0.1, 0.15) is 61.9 Å². The summed E-state index contributed by atoms with van der Waals surface area (Å²) >= 11 is 0. The quantitative estimate of drug-likeness (QED) is 0.767. The van der Waals surface area contributed by atoms with Crippen LogP contribution in [0.2, 0.25) is 0 Å². The summed E-state index contributed by atoms with van der Waals surface area (Å²) < 4.78 is 5.64. The molecule has 7 heteroatoms. The van der Waals surface area contributed by atoms with Crippen LogP contribution in [0.5, 0.6) is 0 Å². The van der Waals surface area contributed by atoms with Crippen LogP contribution in [0.15, 0.2) is 36.7 Å². The van der Waals surface area contributed by atoms with E-state index >= 15 is 0 Å². The van der Waals surface area contributed by atoms with Crippen LogP contribution in [0.3, 0.4) is 0 Å². The Balaban J connectivity index is 1.38. The fourth-order valence-electron chi connectivity index (χ4n) is 3.52. The molecule has 1 aromatic heterocycles. The molecule has 2 atom stereocenters. The van der Waals surface area contributed by atoms with E-state index < -0.39 is 5.60 Å². The fraction of sp³-hybridized carbons (Fsp3) is 0.500. The van der Waals surface area contributed by atoms with Gasteiger partial charge >= 0.3 is 6.09 Å². The van der Waals surface area contributed by atoms with Crippen molar-refractivity contribution >= 4 is 17.7 Å². The van der Waals surface area contributed by atoms with Crippen LogP contribution < -0.4 is 5.32 Å². The molecule has 2 fully saturated rings. The fourth-order valence-corrected chi connectivity index (χ4v) is 3.52. The standard InChI is InChI=1S/C22H28N4O3/c1-22(2,3)29-21(28)26(13-14-4-5-14)19-10-18(19)15-6-8-17(9-7-15)25-20(27)16-11-23-24-12-16/h6-9,11-12,14,18-19H,4-5,10,13H2,1-3H3,(H,23,24)(H,25,27)/t18-,19+/m0/s1. The van der Waals surface area contributed by atoms with Crippen LogP contribution in [0.25, 0.3) is 0 Å². The number of aromatic nitrogens is 2. The van der Waals surface area contributed by atoms with Gasteiger partial charge in [-0.05, 0) is 63.6 Å². The van der Waals surface area contributed by atoms with E-state index in [0.29, 0.717) is 17.4 Å². The molecule has 0 radical (unpaired) electrons. The minimum Gasteiger partial charge on any atom is -0.444 e. The lowest BCUT2D eigenvalue weighted by molar-refractivity contribution is 0.0220. The van der Waals surface area contributed by atoms with Gasteiger partial charge < -0.3 is 15.0 Å². The second-order valence-electron chi connectivity index (χ2n) is 9.05. The molecule has 0 spiro atoms. The normalized spacial score (nSPS) is 20.8. The highest BCUT2D eigenvalue weighted by molar-refractivity contribution is 6.03. The molecule has 2 aromatic rings. The molecular weight excluding hydrogens is 368 g/mol. The number of hydrogen-bond donors (Lipinski definition) is 2. The average molecular weight is 396 g/mol. The monoisotopic (exact) mass is 396 g/mol. The van der Waals surface area contributed by atoms with Crippen molar-refractivity contribution in [3.63, 3.8) is 0 Å². The molecule has 7 nitrogen and oxygen atoms in total. The Hall–Kier alpha value is -2.83. The number of aromatic amines is 1. The molecule has 0 bridgehead atoms. The van der Waals surface area contributed by atoms with E-state index in [0.717, 1.165) is 18.7 Å². The number of H-pyrrole nitrogens is 1. The number of carbonyl (C=O) groups excluding carboxylic acids is 2. The Kier molecular flexibility index (Phi) is 5.06. The maximum atomic E-state index is 12.7. The number of benzene rings is 1. The van der Waals surface area contributed by atoms with E-state index in [4.69, 9.17) is 4.74 Å². The first-order valence-corrected chi connectivity index (χ1v) is 10.2. The molecule has 1 heterocycles. The highest BCUT2D eigenvalue weighted by atomic mass is 16.6. The van der Waals surface area contributed by atoms with Gasteiger partial charge in [-0.25, -0.2) is 4.79 Å². The summed E-state index contributed by atoms with van der Waals surface area (Å²) in [6.45, 7) is 6.50. The zero-order valence-electron chi connectivity index (χ0n) is 17.1. The summed E-state index contributed by atoms with van der Waals surface area (Å²) in [6, 6.07) is 8.06. The molecule has 29 heavy (non-hydrogen) atoms.